The summed E-state index contributed by atoms with van der Waals surface area (Å²) in [6.45, 7) is -0.792. The van der Waals surface area contributed by atoms with Crippen molar-refractivity contribution >= 4 is 7.82 Å². The van der Waals surface area contributed by atoms with Gasteiger partial charge in [-0.1, -0.05) is 0 Å². The zero-order valence-corrected chi connectivity index (χ0v) is 11.8. The Kier molecular flexibility index (Phi) is 7.27. The van der Waals surface area contributed by atoms with Crippen LogP contribution in [0.25, 0.3) is 0 Å². The molecule has 17 heavy (non-hydrogen) atoms. The predicted molar refractivity (Wildman–Crippen MR) is 44.7 cm³/mol. The van der Waals surface area contributed by atoms with Crippen LogP contribution in [-0.2, 0) is 13.8 Å². The maximum atomic E-state index is 10.3. The van der Waals surface area contributed by atoms with Crippen molar-refractivity contribution in [3.63, 3.8) is 0 Å². The van der Waals surface area contributed by atoms with Gasteiger partial charge < -0.3 is 39.5 Å². The molecular weight excluding hydrogens is 270 g/mol. The molecule has 0 aromatic carbocycles. The van der Waals surface area contributed by atoms with Crippen molar-refractivity contribution in [2.45, 2.75) is 30.7 Å². The number of ether oxygens (including phenoxy) is 1. The van der Waals surface area contributed by atoms with Crippen LogP contribution in [0.2, 0.25) is 0 Å². The van der Waals surface area contributed by atoms with Crippen molar-refractivity contribution in [2.24, 2.45) is 0 Å². The van der Waals surface area contributed by atoms with Gasteiger partial charge >= 0.3 is 29.6 Å². The number of hydrogen-bond acceptors (Lipinski definition) is 8. The number of phosphoric acid groups is 1. The summed E-state index contributed by atoms with van der Waals surface area (Å²) in [6.07, 6.45) is -8.23. The van der Waals surface area contributed by atoms with E-state index < -0.39 is 45.1 Å². The molecule has 0 bridgehead atoms. The molecule has 0 aromatic rings. The largest absolute Gasteiger partial charge is 1.00 e. The van der Waals surface area contributed by atoms with Gasteiger partial charge in [0.25, 0.3) is 7.82 Å². The molecule has 1 heterocycles. The van der Waals surface area contributed by atoms with Gasteiger partial charge in [0.2, 0.25) is 0 Å². The molecule has 1 fully saturated rings. The van der Waals surface area contributed by atoms with Crippen LogP contribution >= 0.6 is 7.82 Å². The van der Waals surface area contributed by atoms with Crippen LogP contribution in [0.15, 0.2) is 0 Å². The smallest absolute Gasteiger partial charge is 0.756 e. The summed E-state index contributed by atoms with van der Waals surface area (Å²) in [4.78, 5) is 18.5. The van der Waals surface area contributed by atoms with E-state index in [0.717, 1.165) is 0 Å². The van der Waals surface area contributed by atoms with Crippen molar-refractivity contribution in [3.8, 4) is 0 Å². The molecule has 0 aromatic heterocycles. The van der Waals surface area contributed by atoms with E-state index in [9.17, 15) is 19.7 Å². The number of aliphatic hydroxyl groups is 4. The Morgan fingerprint density at radius 3 is 2.18 bits per heavy atom. The Labute approximate surface area is 119 Å². The van der Waals surface area contributed by atoms with Gasteiger partial charge in [-0.2, -0.15) is 0 Å². The third-order valence-corrected chi connectivity index (χ3v) is 2.56. The molecule has 6 atom stereocenters. The standard InChI is InChI=1S/C6H13O9P.Na/c7-3-2(1-14-16(11,12)13)15-6(10)5(9)4(3)8;/h2-10H,1H2,(H2,11,12,13);/q;+1/p-1/t2-,3-,4-,5-,6?;/m1./s1. The number of hydrogen-bond donors (Lipinski definition) is 5. The summed E-state index contributed by atoms with van der Waals surface area (Å²) >= 11 is 0. The number of rotatable bonds is 3. The Balaban J connectivity index is 0.00000256. The van der Waals surface area contributed by atoms with Gasteiger partial charge in [-0.3, -0.25) is 4.57 Å². The Morgan fingerprint density at radius 2 is 1.71 bits per heavy atom. The second kappa shape index (κ2) is 6.90. The van der Waals surface area contributed by atoms with Crippen LogP contribution in [0, 0.1) is 0 Å². The van der Waals surface area contributed by atoms with E-state index in [2.05, 4.69) is 9.26 Å². The van der Waals surface area contributed by atoms with Crippen LogP contribution in [0.5, 0.6) is 0 Å². The fourth-order valence-electron chi connectivity index (χ4n) is 1.24. The van der Waals surface area contributed by atoms with Gasteiger partial charge in [0.1, 0.15) is 24.4 Å². The second-order valence-corrected chi connectivity index (χ2v) is 4.50. The van der Waals surface area contributed by atoms with E-state index in [0.29, 0.717) is 0 Å². The molecule has 9 nitrogen and oxygen atoms in total. The SMILES string of the molecule is O=P([O-])(O)OC[C@H]1OC(O)[C@H](O)[C@H](O)[C@@H]1O.[Na+]. The summed E-state index contributed by atoms with van der Waals surface area (Å²) < 4.78 is 18.8. The summed E-state index contributed by atoms with van der Waals surface area (Å²) in [5, 5.41) is 36.7. The van der Waals surface area contributed by atoms with Gasteiger partial charge in [0, 0.05) is 0 Å². The Morgan fingerprint density at radius 1 is 1.18 bits per heavy atom. The molecule has 0 amide bonds. The van der Waals surface area contributed by atoms with E-state index in [4.69, 9.17) is 15.1 Å². The van der Waals surface area contributed by atoms with Crippen LogP contribution < -0.4 is 34.5 Å². The van der Waals surface area contributed by atoms with Gasteiger partial charge in [0.15, 0.2) is 6.29 Å². The molecule has 1 aliphatic heterocycles. The quantitative estimate of drug-likeness (QED) is 0.250. The molecule has 0 saturated carbocycles. The summed E-state index contributed by atoms with van der Waals surface area (Å²) in [5.74, 6) is 0. The molecule has 1 aliphatic rings. The summed E-state index contributed by atoms with van der Waals surface area (Å²) in [5.41, 5.74) is 0. The maximum Gasteiger partial charge on any atom is 1.00 e. The monoisotopic (exact) mass is 282 g/mol. The Hall–Kier alpha value is 0.910. The molecule has 1 rings (SSSR count). The van der Waals surface area contributed by atoms with E-state index in [1.807, 2.05) is 0 Å². The van der Waals surface area contributed by atoms with Crippen molar-refractivity contribution in [1.29, 1.82) is 0 Å². The molecule has 1 saturated heterocycles. The van der Waals surface area contributed by atoms with Crippen molar-refractivity contribution < 1.29 is 73.6 Å². The van der Waals surface area contributed by atoms with Crippen LogP contribution in [-0.4, -0.2) is 62.6 Å². The number of phosphoric ester groups is 1. The zero-order valence-electron chi connectivity index (χ0n) is 8.91. The van der Waals surface area contributed by atoms with Crippen LogP contribution in [0.3, 0.4) is 0 Å². The number of aliphatic hydroxyl groups excluding tert-OH is 4. The summed E-state index contributed by atoms with van der Waals surface area (Å²) in [7, 11) is -4.98. The predicted octanol–water partition coefficient (Wildman–Crippen LogP) is -6.73. The molecule has 0 aliphatic carbocycles. The maximum absolute atomic E-state index is 10.3. The van der Waals surface area contributed by atoms with Gasteiger partial charge in [0.05, 0.1) is 6.61 Å². The first-order chi connectivity index (χ1) is 7.22. The molecule has 2 unspecified atom stereocenters. The molecule has 0 radical (unpaired) electrons. The average Bonchev–Trinajstić information content (AvgIpc) is 2.17. The normalized spacial score (nSPS) is 41.4. The van der Waals surface area contributed by atoms with E-state index in [-0.39, 0.29) is 29.6 Å². The third-order valence-electron chi connectivity index (χ3n) is 2.09. The fraction of sp³-hybridized carbons (Fsp3) is 1.00. The topological polar surface area (TPSA) is 160 Å². The van der Waals surface area contributed by atoms with Gasteiger partial charge in [-0.15, -0.1) is 0 Å². The molecule has 0 spiro atoms. The van der Waals surface area contributed by atoms with E-state index >= 15 is 0 Å². The molecule has 96 valence electrons. The van der Waals surface area contributed by atoms with Crippen molar-refractivity contribution in [3.05, 3.63) is 0 Å². The van der Waals surface area contributed by atoms with Crippen molar-refractivity contribution in [2.75, 3.05) is 6.61 Å². The van der Waals surface area contributed by atoms with E-state index in [1.165, 1.54) is 0 Å². The van der Waals surface area contributed by atoms with Crippen molar-refractivity contribution in [1.82, 2.24) is 0 Å². The van der Waals surface area contributed by atoms with Gasteiger partial charge in [-0.05, 0) is 0 Å². The average molecular weight is 282 g/mol. The second-order valence-electron chi connectivity index (χ2n) is 3.30. The van der Waals surface area contributed by atoms with E-state index in [1.54, 1.807) is 0 Å². The zero-order chi connectivity index (χ0) is 12.5. The molecular formula is C6H12NaO9P. The minimum atomic E-state index is -4.98. The third kappa shape index (κ3) is 5.19. The first kappa shape index (κ1) is 17.9. The fourth-order valence-corrected chi connectivity index (χ4v) is 1.57. The first-order valence-corrected chi connectivity index (χ1v) is 5.78. The van der Waals surface area contributed by atoms with Gasteiger partial charge in [-0.25, -0.2) is 0 Å². The first-order valence-electron chi connectivity index (χ1n) is 4.28. The minimum Gasteiger partial charge on any atom is -0.756 e. The Bertz CT molecular complexity index is 283. The summed E-state index contributed by atoms with van der Waals surface area (Å²) in [6, 6.07) is 0. The molecule has 11 heteroatoms. The van der Waals surface area contributed by atoms with Crippen LogP contribution in [0.4, 0.5) is 0 Å². The minimum absolute atomic E-state index is 0. The molecule has 5 N–H and O–H groups in total. The van der Waals surface area contributed by atoms with Crippen LogP contribution in [0.1, 0.15) is 0 Å².